The van der Waals surface area contributed by atoms with Gasteiger partial charge < -0.3 is 19.6 Å². The molecule has 3 aromatic rings. The first-order valence-electron chi connectivity index (χ1n) is 10.6. The maximum absolute atomic E-state index is 12.8. The number of hydrogen-bond acceptors (Lipinski definition) is 8. The summed E-state index contributed by atoms with van der Waals surface area (Å²) in [5.41, 5.74) is 3.57. The fourth-order valence-electron chi connectivity index (χ4n) is 4.01. The maximum atomic E-state index is 12.8. The zero-order chi connectivity index (χ0) is 21.8. The molecule has 2 fully saturated rings. The highest BCUT2D eigenvalue weighted by Crippen LogP contribution is 2.35. The summed E-state index contributed by atoms with van der Waals surface area (Å²) in [6, 6.07) is 3.91. The van der Waals surface area contributed by atoms with Crippen molar-refractivity contribution in [3.63, 3.8) is 0 Å². The van der Waals surface area contributed by atoms with E-state index < -0.39 is 0 Å². The average molecular weight is 425 g/mol. The Morgan fingerprint density at radius 3 is 2.74 bits per heavy atom. The smallest absolute Gasteiger partial charge is 0.261 e. The molecule has 5 rings (SSSR count). The van der Waals surface area contributed by atoms with Gasteiger partial charge in [0.15, 0.2) is 0 Å². The summed E-state index contributed by atoms with van der Waals surface area (Å²) in [5, 5.41) is 7.54. The second-order valence-corrected chi connectivity index (χ2v) is 8.19. The zero-order valence-corrected chi connectivity index (χ0v) is 17.6. The van der Waals surface area contributed by atoms with E-state index in [0.29, 0.717) is 11.0 Å². The molecule has 164 valence electrons. The van der Waals surface area contributed by atoms with Crippen molar-refractivity contribution in [3.05, 3.63) is 56.8 Å². The second-order valence-electron chi connectivity index (χ2n) is 8.19. The Balaban J connectivity index is 0.00000112. The van der Waals surface area contributed by atoms with Gasteiger partial charge in [0.2, 0.25) is 0 Å². The summed E-state index contributed by atoms with van der Waals surface area (Å²) in [5.74, 6) is 1.60. The number of furan rings is 1. The van der Waals surface area contributed by atoms with Gasteiger partial charge in [-0.25, -0.2) is 0 Å². The highest BCUT2D eigenvalue weighted by Gasteiger charge is 2.22. The lowest BCUT2D eigenvalue weighted by Gasteiger charge is -2.26. The monoisotopic (exact) mass is 425 g/mol. The Kier molecular flexibility index (Phi) is 6.43. The number of piperazine rings is 1. The number of anilines is 1. The van der Waals surface area contributed by atoms with Gasteiger partial charge >= 0.3 is 0 Å². The van der Waals surface area contributed by atoms with Crippen molar-refractivity contribution in [2.24, 2.45) is 13.0 Å². The van der Waals surface area contributed by atoms with Gasteiger partial charge in [0, 0.05) is 73.2 Å². The van der Waals surface area contributed by atoms with E-state index in [4.69, 9.17) is 14.3 Å². The molecule has 4 heterocycles. The van der Waals surface area contributed by atoms with Crippen LogP contribution in [0, 0.1) is 15.8 Å². The van der Waals surface area contributed by atoms with Crippen LogP contribution >= 0.6 is 0 Å². The lowest BCUT2D eigenvalue weighted by atomic mass is 10.1. The maximum Gasteiger partial charge on any atom is 0.261 e. The van der Waals surface area contributed by atoms with E-state index in [-0.39, 0.29) is 5.56 Å². The molecular formula is C22H27N5O4. The highest BCUT2D eigenvalue weighted by atomic mass is 16.7. The molecule has 31 heavy (non-hydrogen) atoms. The van der Waals surface area contributed by atoms with Crippen LogP contribution < -0.4 is 16.2 Å². The Bertz CT molecular complexity index is 1100. The summed E-state index contributed by atoms with van der Waals surface area (Å²) in [7, 11) is 1.80. The zero-order valence-electron chi connectivity index (χ0n) is 17.6. The first-order chi connectivity index (χ1) is 15.2. The van der Waals surface area contributed by atoms with Crippen molar-refractivity contribution >= 4 is 16.7 Å². The number of pyridine rings is 2. The van der Waals surface area contributed by atoms with Gasteiger partial charge in [-0.1, -0.05) is 0 Å². The molecule has 0 bridgehead atoms. The van der Waals surface area contributed by atoms with Gasteiger partial charge in [0.1, 0.15) is 11.3 Å². The fourth-order valence-corrected chi connectivity index (χ4v) is 4.01. The molecule has 0 spiro atoms. The number of rotatable bonds is 6. The van der Waals surface area contributed by atoms with Crippen LogP contribution in [0.1, 0.15) is 18.6 Å². The number of nitrogens with one attached hydrogen (secondary N) is 2. The fraction of sp³-hybridized carbons (Fsp3) is 0.455. The van der Waals surface area contributed by atoms with Gasteiger partial charge in [-0.3, -0.25) is 14.7 Å². The Hall–Kier alpha value is -3.04. The quantitative estimate of drug-likeness (QED) is 0.620. The van der Waals surface area contributed by atoms with Crippen LogP contribution in [0.15, 0.2) is 39.9 Å². The molecule has 0 aromatic carbocycles. The van der Waals surface area contributed by atoms with Gasteiger partial charge in [0.25, 0.3) is 5.56 Å². The molecule has 9 nitrogen and oxygen atoms in total. The molecule has 9 heteroatoms. The van der Waals surface area contributed by atoms with Gasteiger partial charge in [-0.05, 0) is 30.9 Å². The molecule has 2 aliphatic rings. The van der Waals surface area contributed by atoms with Crippen LogP contribution in [-0.4, -0.2) is 47.2 Å². The van der Waals surface area contributed by atoms with E-state index in [1.54, 1.807) is 17.8 Å². The first-order valence-corrected chi connectivity index (χ1v) is 10.6. The number of aromatic nitrogens is 2. The normalized spacial score (nSPS) is 16.7. The minimum absolute atomic E-state index is 0.0272. The minimum atomic E-state index is -0.0272. The van der Waals surface area contributed by atoms with Gasteiger partial charge in [-0.2, -0.15) is 0 Å². The summed E-state index contributed by atoms with van der Waals surface area (Å²) in [6.45, 7) is 5.63. The van der Waals surface area contributed by atoms with Gasteiger partial charge in [-0.15, -0.1) is 0 Å². The standard InChI is InChI=1S/C22H27N5O2.O2/c1-26-14-19(17-4-5-24-12-20(17)25-11-15-2-3-15)21-18(22(26)28)10-16(29-21)13-27-8-6-23-7-9-27;1-2/h4-5,10,12,14-15,23,25H,2-3,6-9,11,13H2,1H3;. The third-order valence-corrected chi connectivity index (χ3v) is 5.88. The van der Waals surface area contributed by atoms with Crippen LogP contribution in [0.4, 0.5) is 5.69 Å². The summed E-state index contributed by atoms with van der Waals surface area (Å²) >= 11 is 0. The van der Waals surface area contributed by atoms with Crippen LogP contribution in [0.3, 0.4) is 0 Å². The molecule has 0 atom stereocenters. The topological polar surface area (TPSA) is 109 Å². The average Bonchev–Trinajstić information content (AvgIpc) is 3.55. The minimum Gasteiger partial charge on any atom is -0.459 e. The third kappa shape index (κ3) is 4.67. The Morgan fingerprint density at radius 1 is 1.23 bits per heavy atom. The van der Waals surface area contributed by atoms with Crippen molar-refractivity contribution in [2.75, 3.05) is 38.0 Å². The molecule has 1 saturated heterocycles. The second kappa shape index (κ2) is 9.40. The van der Waals surface area contributed by atoms with Crippen molar-refractivity contribution in [3.8, 4) is 11.1 Å². The van der Waals surface area contributed by atoms with E-state index in [0.717, 1.165) is 67.8 Å². The number of hydrogen-bond donors (Lipinski definition) is 2. The molecule has 0 radical (unpaired) electrons. The third-order valence-electron chi connectivity index (χ3n) is 5.88. The van der Waals surface area contributed by atoms with Crippen molar-refractivity contribution in [1.82, 2.24) is 19.8 Å². The van der Waals surface area contributed by atoms with Crippen LogP contribution in [0.25, 0.3) is 22.1 Å². The summed E-state index contributed by atoms with van der Waals surface area (Å²) < 4.78 is 7.91. The van der Waals surface area contributed by atoms with Crippen molar-refractivity contribution < 1.29 is 4.42 Å². The van der Waals surface area contributed by atoms with Gasteiger partial charge in [0.05, 0.1) is 23.8 Å². The number of aryl methyl sites for hydroxylation is 1. The predicted molar refractivity (Wildman–Crippen MR) is 121 cm³/mol. The van der Waals surface area contributed by atoms with Crippen LogP contribution in [-0.2, 0) is 13.6 Å². The molecular weight excluding hydrogens is 398 g/mol. The first kappa shape index (κ1) is 21.2. The van der Waals surface area contributed by atoms with Crippen molar-refractivity contribution in [1.29, 1.82) is 0 Å². The SMILES string of the molecule is Cn1cc(-c2ccncc2NCC2CC2)c2oc(CN3CCNCC3)cc2c1=O.O=O. The molecule has 0 unspecified atom stereocenters. The highest BCUT2D eigenvalue weighted by molar-refractivity contribution is 5.95. The van der Waals surface area contributed by atoms with E-state index in [2.05, 4.69) is 20.5 Å². The molecule has 2 N–H and O–H groups in total. The Morgan fingerprint density at radius 2 is 2.00 bits per heavy atom. The molecule has 1 aliphatic carbocycles. The van der Waals surface area contributed by atoms with E-state index in [1.807, 2.05) is 24.5 Å². The van der Waals surface area contributed by atoms with E-state index in [9.17, 15) is 4.79 Å². The molecule has 1 aliphatic heterocycles. The number of fused-ring (bicyclic) bond motifs is 1. The Labute approximate surface area is 179 Å². The summed E-state index contributed by atoms with van der Waals surface area (Å²) in [6.07, 6.45) is 8.11. The van der Waals surface area contributed by atoms with E-state index in [1.165, 1.54) is 12.8 Å². The molecule has 0 amide bonds. The lowest BCUT2D eigenvalue weighted by molar-refractivity contribution is 0.218. The van der Waals surface area contributed by atoms with Crippen LogP contribution in [0.2, 0.25) is 0 Å². The van der Waals surface area contributed by atoms with Crippen LogP contribution in [0.5, 0.6) is 0 Å². The molecule has 3 aromatic heterocycles. The largest absolute Gasteiger partial charge is 0.459 e. The summed E-state index contributed by atoms with van der Waals surface area (Å²) in [4.78, 5) is 33.4. The van der Waals surface area contributed by atoms with E-state index >= 15 is 0 Å². The lowest BCUT2D eigenvalue weighted by Crippen LogP contribution is -2.42. The molecule has 1 saturated carbocycles. The number of nitrogens with zero attached hydrogens (tertiary/aromatic N) is 3. The van der Waals surface area contributed by atoms with Crippen molar-refractivity contribution in [2.45, 2.75) is 19.4 Å². The predicted octanol–water partition coefficient (Wildman–Crippen LogP) is 2.49.